The molecule has 0 radical (unpaired) electrons. The molecule has 0 aliphatic carbocycles. The predicted octanol–water partition coefficient (Wildman–Crippen LogP) is 2.85. The van der Waals surface area contributed by atoms with E-state index >= 15 is 0 Å². The van der Waals surface area contributed by atoms with Gasteiger partial charge < -0.3 is 10.6 Å². The quantitative estimate of drug-likeness (QED) is 0.421. The molecule has 0 bridgehead atoms. The normalized spacial score (nSPS) is 13.9. The molecule has 0 aromatic heterocycles. The molecule has 7 nitrogen and oxygen atoms in total. The van der Waals surface area contributed by atoms with Crippen LogP contribution in [0.25, 0.3) is 0 Å². The highest BCUT2D eigenvalue weighted by molar-refractivity contribution is 5.91. The summed E-state index contributed by atoms with van der Waals surface area (Å²) in [4.78, 5) is 37.6. The van der Waals surface area contributed by atoms with Crippen molar-refractivity contribution in [1.82, 2.24) is 15.7 Å². The third-order valence-corrected chi connectivity index (χ3v) is 3.99. The fourth-order valence-corrected chi connectivity index (χ4v) is 2.67. The number of carbonyl (C=O) groups is 3. The number of nitrogens with one attached hydrogen (secondary N) is 2. The number of nitrogens with zero attached hydrogens (tertiary/aromatic N) is 1. The van der Waals surface area contributed by atoms with E-state index in [-0.39, 0.29) is 35.9 Å². The summed E-state index contributed by atoms with van der Waals surface area (Å²) in [7, 11) is 0. The van der Waals surface area contributed by atoms with Gasteiger partial charge in [-0.05, 0) is 38.5 Å². The van der Waals surface area contributed by atoms with Gasteiger partial charge in [-0.15, -0.1) is 0 Å². The van der Waals surface area contributed by atoms with Crippen LogP contribution in [0.2, 0.25) is 0 Å². The maximum Gasteiger partial charge on any atom is 0.251 e. The standard InChI is InChI=1S/C20H37N3O4/c1-12(2)10-15(11-16(24)23(27)14(5)6)18(25)22-17(20(7,8)9)19(26)21-13(3)4/h12-13,15,17,27H,5,10-11H2,1-4,6-9H3,(H,21,26)(H,22,25)/t15-,17?/m1/s1. The van der Waals surface area contributed by atoms with Gasteiger partial charge in [0.1, 0.15) is 6.04 Å². The van der Waals surface area contributed by atoms with Gasteiger partial charge in [-0.1, -0.05) is 41.2 Å². The lowest BCUT2D eigenvalue weighted by atomic mass is 9.84. The lowest BCUT2D eigenvalue weighted by Crippen LogP contribution is -2.56. The molecular weight excluding hydrogens is 346 g/mol. The first-order chi connectivity index (χ1) is 12.2. The Labute approximate surface area is 163 Å². The number of amides is 3. The van der Waals surface area contributed by atoms with Gasteiger partial charge in [-0.25, -0.2) is 0 Å². The molecule has 3 amide bonds. The SMILES string of the molecule is C=C(C)N(O)C(=O)C[C@@H](CC(C)C)C(=O)NC(C(=O)NC(C)C)C(C)(C)C. The molecule has 0 aliphatic heterocycles. The van der Waals surface area contributed by atoms with E-state index in [9.17, 15) is 19.6 Å². The van der Waals surface area contributed by atoms with Gasteiger partial charge in [-0.3, -0.25) is 19.6 Å². The second kappa shape index (κ2) is 10.4. The summed E-state index contributed by atoms with van der Waals surface area (Å²) < 4.78 is 0. The highest BCUT2D eigenvalue weighted by atomic mass is 16.5. The molecule has 0 aromatic rings. The van der Waals surface area contributed by atoms with Crippen molar-refractivity contribution >= 4 is 17.7 Å². The molecule has 1 unspecified atom stereocenters. The molecule has 156 valence electrons. The van der Waals surface area contributed by atoms with Crippen LogP contribution in [0.3, 0.4) is 0 Å². The van der Waals surface area contributed by atoms with E-state index in [0.29, 0.717) is 11.5 Å². The van der Waals surface area contributed by atoms with E-state index in [2.05, 4.69) is 17.2 Å². The van der Waals surface area contributed by atoms with E-state index in [1.807, 2.05) is 48.5 Å². The molecule has 0 spiro atoms. The minimum absolute atomic E-state index is 0.0502. The second-order valence-electron chi connectivity index (χ2n) is 8.94. The number of hydrogen-bond donors (Lipinski definition) is 3. The number of carbonyl (C=O) groups excluding carboxylic acids is 3. The molecule has 0 rings (SSSR count). The Bertz CT molecular complexity index is 550. The van der Waals surface area contributed by atoms with Crippen molar-refractivity contribution in [2.24, 2.45) is 17.3 Å². The first-order valence-corrected chi connectivity index (χ1v) is 9.44. The van der Waals surface area contributed by atoms with Gasteiger partial charge >= 0.3 is 0 Å². The van der Waals surface area contributed by atoms with Gasteiger partial charge in [0.15, 0.2) is 0 Å². The summed E-state index contributed by atoms with van der Waals surface area (Å²) in [6.07, 6.45) is 0.306. The Morgan fingerprint density at radius 1 is 1.04 bits per heavy atom. The largest absolute Gasteiger partial charge is 0.352 e. The smallest absolute Gasteiger partial charge is 0.251 e. The molecule has 0 fully saturated rings. The first kappa shape index (κ1) is 25.1. The average Bonchev–Trinajstić information content (AvgIpc) is 2.48. The van der Waals surface area contributed by atoms with Crippen LogP contribution in [0.15, 0.2) is 12.3 Å². The molecular formula is C20H37N3O4. The van der Waals surface area contributed by atoms with Crippen molar-refractivity contribution in [2.45, 2.75) is 80.3 Å². The Morgan fingerprint density at radius 3 is 1.93 bits per heavy atom. The molecule has 27 heavy (non-hydrogen) atoms. The van der Waals surface area contributed by atoms with Crippen molar-refractivity contribution in [3.8, 4) is 0 Å². The molecule has 0 saturated heterocycles. The minimum atomic E-state index is -0.733. The summed E-state index contributed by atoms with van der Waals surface area (Å²) in [6.45, 7) is 18.3. The van der Waals surface area contributed by atoms with Crippen LogP contribution in [-0.4, -0.2) is 40.1 Å². The summed E-state index contributed by atoms with van der Waals surface area (Å²) in [5.41, 5.74) is -0.311. The zero-order valence-electron chi connectivity index (χ0n) is 18.0. The van der Waals surface area contributed by atoms with Crippen molar-refractivity contribution in [3.63, 3.8) is 0 Å². The number of hydrogen-bond acceptors (Lipinski definition) is 4. The van der Waals surface area contributed by atoms with Gasteiger partial charge in [0.25, 0.3) is 5.91 Å². The average molecular weight is 384 g/mol. The lowest BCUT2D eigenvalue weighted by molar-refractivity contribution is -0.159. The summed E-state index contributed by atoms with van der Waals surface area (Å²) in [6, 6.07) is -0.783. The van der Waals surface area contributed by atoms with Crippen LogP contribution in [0.5, 0.6) is 0 Å². The molecule has 0 aliphatic rings. The van der Waals surface area contributed by atoms with Crippen LogP contribution >= 0.6 is 0 Å². The third-order valence-electron chi connectivity index (χ3n) is 3.99. The van der Waals surface area contributed by atoms with Crippen molar-refractivity contribution in [2.75, 3.05) is 0 Å². The minimum Gasteiger partial charge on any atom is -0.352 e. The third kappa shape index (κ3) is 9.04. The van der Waals surface area contributed by atoms with E-state index < -0.39 is 23.3 Å². The molecule has 7 heteroatoms. The molecule has 0 aromatic carbocycles. The molecule has 2 atom stereocenters. The summed E-state index contributed by atoms with van der Waals surface area (Å²) >= 11 is 0. The van der Waals surface area contributed by atoms with Gasteiger partial charge in [-0.2, -0.15) is 5.06 Å². The fraction of sp³-hybridized carbons (Fsp3) is 0.750. The zero-order chi connectivity index (χ0) is 21.5. The molecule has 0 heterocycles. The fourth-order valence-electron chi connectivity index (χ4n) is 2.67. The highest BCUT2D eigenvalue weighted by Crippen LogP contribution is 2.23. The lowest BCUT2D eigenvalue weighted by Gasteiger charge is -2.32. The maximum absolute atomic E-state index is 12.9. The van der Waals surface area contributed by atoms with Crippen molar-refractivity contribution in [3.05, 3.63) is 12.3 Å². The van der Waals surface area contributed by atoms with Crippen LogP contribution in [0.1, 0.15) is 68.2 Å². The predicted molar refractivity (Wildman–Crippen MR) is 106 cm³/mol. The van der Waals surface area contributed by atoms with Crippen LogP contribution in [0, 0.1) is 17.3 Å². The summed E-state index contributed by atoms with van der Waals surface area (Å²) in [5.74, 6) is -1.70. The van der Waals surface area contributed by atoms with Crippen LogP contribution < -0.4 is 10.6 Å². The van der Waals surface area contributed by atoms with E-state index in [4.69, 9.17) is 0 Å². The number of allylic oxidation sites excluding steroid dienone is 1. The van der Waals surface area contributed by atoms with Crippen molar-refractivity contribution in [1.29, 1.82) is 0 Å². The first-order valence-electron chi connectivity index (χ1n) is 9.44. The second-order valence-corrected chi connectivity index (χ2v) is 8.94. The maximum atomic E-state index is 12.9. The number of rotatable bonds is 9. The monoisotopic (exact) mass is 383 g/mol. The van der Waals surface area contributed by atoms with Crippen molar-refractivity contribution < 1.29 is 19.6 Å². The summed E-state index contributed by atoms with van der Waals surface area (Å²) in [5, 5.41) is 15.9. The topological polar surface area (TPSA) is 98.7 Å². The van der Waals surface area contributed by atoms with E-state index in [1.165, 1.54) is 6.92 Å². The van der Waals surface area contributed by atoms with Crippen LogP contribution in [0.4, 0.5) is 0 Å². The Balaban J connectivity index is 5.41. The van der Waals surface area contributed by atoms with Gasteiger partial charge in [0.2, 0.25) is 11.8 Å². The molecule has 0 saturated carbocycles. The highest BCUT2D eigenvalue weighted by Gasteiger charge is 2.35. The van der Waals surface area contributed by atoms with Crippen LogP contribution in [-0.2, 0) is 14.4 Å². The Morgan fingerprint density at radius 2 is 1.56 bits per heavy atom. The molecule has 3 N–H and O–H groups in total. The Hall–Kier alpha value is -1.89. The zero-order valence-corrected chi connectivity index (χ0v) is 18.0. The Kier molecular flexibility index (Phi) is 9.71. The van der Waals surface area contributed by atoms with Gasteiger partial charge in [0, 0.05) is 24.1 Å². The van der Waals surface area contributed by atoms with Gasteiger partial charge in [0.05, 0.1) is 0 Å². The van der Waals surface area contributed by atoms with E-state index in [0.717, 1.165) is 0 Å². The van der Waals surface area contributed by atoms with E-state index in [1.54, 1.807) is 0 Å². The number of hydroxylamine groups is 2.